The van der Waals surface area contributed by atoms with Crippen LogP contribution in [0.15, 0.2) is 48.5 Å². The normalized spacial score (nSPS) is 20.9. The summed E-state index contributed by atoms with van der Waals surface area (Å²) in [7, 11) is 1.61. The minimum Gasteiger partial charge on any atom is -0.441 e. The number of methoxy groups -OCH3 is 1. The largest absolute Gasteiger partial charge is 0.441 e. The number of piperidine rings is 1. The summed E-state index contributed by atoms with van der Waals surface area (Å²) in [6.45, 7) is 1.80. The summed E-state index contributed by atoms with van der Waals surface area (Å²) >= 11 is 0. The third-order valence-electron chi connectivity index (χ3n) is 5.86. The molecule has 2 aliphatic rings. The number of amides is 1. The van der Waals surface area contributed by atoms with Gasteiger partial charge in [-0.2, -0.15) is 0 Å². The fourth-order valence-corrected chi connectivity index (χ4v) is 4.40. The maximum absolute atomic E-state index is 14.0. The molecule has 4 rings (SSSR count). The van der Waals surface area contributed by atoms with Gasteiger partial charge in [-0.1, -0.05) is 30.3 Å². The second-order valence-corrected chi connectivity index (χ2v) is 7.68. The number of halogens is 2. The van der Waals surface area contributed by atoms with E-state index in [0.29, 0.717) is 38.0 Å². The molecule has 0 aliphatic carbocycles. The van der Waals surface area contributed by atoms with Crippen LogP contribution >= 0.6 is 0 Å². The first-order valence-corrected chi connectivity index (χ1v) is 9.74. The van der Waals surface area contributed by atoms with E-state index in [1.54, 1.807) is 7.11 Å². The van der Waals surface area contributed by atoms with Gasteiger partial charge in [0.25, 0.3) is 0 Å². The van der Waals surface area contributed by atoms with Crippen LogP contribution in [0.4, 0.5) is 13.6 Å². The van der Waals surface area contributed by atoms with Gasteiger partial charge < -0.3 is 14.8 Å². The minimum absolute atomic E-state index is 0.371. The molecule has 29 heavy (non-hydrogen) atoms. The second-order valence-electron chi connectivity index (χ2n) is 7.68. The maximum atomic E-state index is 14.0. The van der Waals surface area contributed by atoms with Crippen molar-refractivity contribution >= 4 is 6.09 Å². The molecule has 0 saturated carbocycles. The third kappa shape index (κ3) is 4.11. The summed E-state index contributed by atoms with van der Waals surface area (Å²) in [5, 5.41) is 2.73. The number of nitrogens with one attached hydrogen (secondary N) is 1. The van der Waals surface area contributed by atoms with E-state index >= 15 is 0 Å². The Bertz CT molecular complexity index is 849. The summed E-state index contributed by atoms with van der Waals surface area (Å²) in [5.41, 5.74) is 0.965. The van der Waals surface area contributed by atoms with E-state index in [9.17, 15) is 13.6 Å². The molecule has 2 heterocycles. The lowest BCUT2D eigenvalue weighted by Gasteiger charge is -2.43. The number of hydrogen-bond donors (Lipinski definition) is 1. The van der Waals surface area contributed by atoms with Crippen LogP contribution in [0.3, 0.4) is 0 Å². The van der Waals surface area contributed by atoms with Crippen molar-refractivity contribution in [2.45, 2.75) is 30.6 Å². The van der Waals surface area contributed by atoms with E-state index in [2.05, 4.69) is 10.2 Å². The van der Waals surface area contributed by atoms with Crippen molar-refractivity contribution in [3.05, 3.63) is 71.3 Å². The average Bonchev–Trinajstić information content (AvgIpc) is 3.07. The molecule has 0 radical (unpaired) electrons. The summed E-state index contributed by atoms with van der Waals surface area (Å²) in [6, 6.07) is 13.2. The predicted octanol–water partition coefficient (Wildman–Crippen LogP) is 3.64. The van der Waals surface area contributed by atoms with Crippen LogP contribution < -0.4 is 5.32 Å². The number of benzene rings is 2. The van der Waals surface area contributed by atoms with Crippen LogP contribution in [0.25, 0.3) is 0 Å². The molecule has 2 aliphatic heterocycles. The number of likely N-dealkylation sites (tertiary alicyclic amines) is 1. The molecule has 2 fully saturated rings. The van der Waals surface area contributed by atoms with Crippen molar-refractivity contribution in [2.24, 2.45) is 0 Å². The zero-order chi connectivity index (χ0) is 20.4. The lowest BCUT2D eigenvalue weighted by molar-refractivity contribution is -0.0847. The predicted molar refractivity (Wildman–Crippen MR) is 103 cm³/mol. The topological polar surface area (TPSA) is 50.8 Å². The Hall–Kier alpha value is -2.51. The SMILES string of the molecule is COC(C(c1ccccc1)c1cc(F)cc(F)c1)N1CCC2(CC1)CNC(=O)O2. The molecule has 1 amide bonds. The zero-order valence-corrected chi connectivity index (χ0v) is 16.2. The first kappa shape index (κ1) is 19.8. The lowest BCUT2D eigenvalue weighted by atomic mass is 9.86. The fraction of sp³-hybridized carbons (Fsp3) is 0.409. The van der Waals surface area contributed by atoms with Crippen LogP contribution in [0.5, 0.6) is 0 Å². The molecular weight excluding hydrogens is 378 g/mol. The Labute approximate surface area is 168 Å². The van der Waals surface area contributed by atoms with Gasteiger partial charge >= 0.3 is 6.09 Å². The van der Waals surface area contributed by atoms with Gasteiger partial charge in [0.2, 0.25) is 0 Å². The number of carbonyl (C=O) groups excluding carboxylic acids is 1. The molecule has 154 valence electrons. The molecule has 1 N–H and O–H groups in total. The maximum Gasteiger partial charge on any atom is 0.407 e. The number of rotatable bonds is 5. The zero-order valence-electron chi connectivity index (χ0n) is 16.2. The summed E-state index contributed by atoms with van der Waals surface area (Å²) in [6.07, 6.45) is 0.551. The number of nitrogens with zero attached hydrogens (tertiary/aromatic N) is 1. The highest BCUT2D eigenvalue weighted by Gasteiger charge is 2.45. The fourth-order valence-electron chi connectivity index (χ4n) is 4.40. The van der Waals surface area contributed by atoms with Crippen molar-refractivity contribution in [1.82, 2.24) is 10.2 Å². The average molecular weight is 402 g/mol. The minimum atomic E-state index is -0.614. The molecule has 2 saturated heterocycles. The molecule has 2 aromatic carbocycles. The number of alkyl carbamates (subject to hydrolysis) is 1. The van der Waals surface area contributed by atoms with Gasteiger partial charge in [0.1, 0.15) is 23.5 Å². The summed E-state index contributed by atoms with van der Waals surface area (Å²) in [4.78, 5) is 13.6. The smallest absolute Gasteiger partial charge is 0.407 e. The first-order valence-electron chi connectivity index (χ1n) is 9.74. The third-order valence-corrected chi connectivity index (χ3v) is 5.86. The van der Waals surface area contributed by atoms with Crippen LogP contribution in [0, 0.1) is 11.6 Å². The quantitative estimate of drug-likeness (QED) is 0.830. The van der Waals surface area contributed by atoms with E-state index in [-0.39, 0.29) is 12.0 Å². The van der Waals surface area contributed by atoms with Gasteiger partial charge in [-0.05, 0) is 23.3 Å². The van der Waals surface area contributed by atoms with Crippen molar-refractivity contribution in [2.75, 3.05) is 26.7 Å². The van der Waals surface area contributed by atoms with Crippen molar-refractivity contribution < 1.29 is 23.0 Å². The van der Waals surface area contributed by atoms with E-state index in [1.165, 1.54) is 12.1 Å². The number of ether oxygens (including phenoxy) is 2. The van der Waals surface area contributed by atoms with Crippen LogP contribution in [-0.2, 0) is 9.47 Å². The number of hydrogen-bond acceptors (Lipinski definition) is 4. The Morgan fingerprint density at radius 1 is 1.07 bits per heavy atom. The van der Waals surface area contributed by atoms with Gasteiger partial charge in [0, 0.05) is 45.0 Å². The Balaban J connectivity index is 1.63. The highest BCUT2D eigenvalue weighted by molar-refractivity contribution is 5.70. The molecule has 5 nitrogen and oxygen atoms in total. The lowest BCUT2D eigenvalue weighted by Crippen LogP contribution is -2.52. The Morgan fingerprint density at radius 3 is 2.28 bits per heavy atom. The standard InChI is InChI=1S/C22H24F2N2O3/c1-28-20(26-9-7-22(8-10-26)14-25-21(27)29-22)19(15-5-3-2-4-6-15)16-11-17(23)13-18(24)12-16/h2-6,11-13,19-20H,7-10,14H2,1H3,(H,25,27). The summed E-state index contributed by atoms with van der Waals surface area (Å²) in [5.74, 6) is -1.60. The molecule has 2 unspecified atom stereocenters. The van der Waals surface area contributed by atoms with Crippen LogP contribution in [0.1, 0.15) is 29.9 Å². The van der Waals surface area contributed by atoms with Gasteiger partial charge in [0.15, 0.2) is 0 Å². The Kier molecular flexibility index (Phi) is 5.52. The van der Waals surface area contributed by atoms with Gasteiger partial charge in [-0.3, -0.25) is 4.90 Å². The van der Waals surface area contributed by atoms with Crippen LogP contribution in [0.2, 0.25) is 0 Å². The van der Waals surface area contributed by atoms with E-state index < -0.39 is 23.5 Å². The first-order chi connectivity index (χ1) is 14.0. The molecule has 0 aromatic heterocycles. The van der Waals surface area contributed by atoms with E-state index in [1.807, 2.05) is 30.3 Å². The molecule has 1 spiro atoms. The van der Waals surface area contributed by atoms with Crippen molar-refractivity contribution in [1.29, 1.82) is 0 Å². The summed E-state index contributed by atoms with van der Waals surface area (Å²) < 4.78 is 39.4. The monoisotopic (exact) mass is 402 g/mol. The van der Waals surface area contributed by atoms with Crippen LogP contribution in [-0.4, -0.2) is 49.6 Å². The molecule has 7 heteroatoms. The Morgan fingerprint density at radius 2 is 1.72 bits per heavy atom. The molecule has 2 aromatic rings. The van der Waals surface area contributed by atoms with Crippen molar-refractivity contribution in [3.8, 4) is 0 Å². The molecule has 2 atom stereocenters. The second kappa shape index (κ2) is 8.08. The van der Waals surface area contributed by atoms with Crippen molar-refractivity contribution in [3.63, 3.8) is 0 Å². The molecule has 0 bridgehead atoms. The number of carbonyl (C=O) groups is 1. The van der Waals surface area contributed by atoms with Gasteiger partial charge in [-0.25, -0.2) is 13.6 Å². The molecular formula is C22H24F2N2O3. The van der Waals surface area contributed by atoms with E-state index in [0.717, 1.165) is 11.6 Å². The van der Waals surface area contributed by atoms with E-state index in [4.69, 9.17) is 9.47 Å². The highest BCUT2D eigenvalue weighted by atomic mass is 19.1. The van der Waals surface area contributed by atoms with Gasteiger partial charge in [-0.15, -0.1) is 0 Å². The van der Waals surface area contributed by atoms with Gasteiger partial charge in [0.05, 0.1) is 6.54 Å². The highest BCUT2D eigenvalue weighted by Crippen LogP contribution is 2.36.